The van der Waals surface area contributed by atoms with E-state index >= 15 is 0 Å². The molecule has 2 heteroatoms. The van der Waals surface area contributed by atoms with E-state index in [1.165, 1.54) is 37.9 Å². The fourth-order valence-corrected chi connectivity index (χ4v) is 1.72. The van der Waals surface area contributed by atoms with Crippen molar-refractivity contribution in [2.24, 2.45) is 0 Å². The van der Waals surface area contributed by atoms with Crippen LogP contribution in [-0.4, -0.2) is 0 Å². The van der Waals surface area contributed by atoms with Crippen LogP contribution in [0.5, 0.6) is 0 Å². The van der Waals surface area contributed by atoms with Crippen molar-refractivity contribution < 1.29 is 17.0 Å². The lowest BCUT2D eigenvalue weighted by Crippen LogP contribution is -3.00. The van der Waals surface area contributed by atoms with Gasteiger partial charge in [0.1, 0.15) is 6.54 Å². The van der Waals surface area contributed by atoms with Crippen molar-refractivity contribution in [3.05, 3.63) is 30.1 Å². The molecule has 1 nitrogen and oxygen atoms in total. The van der Waals surface area contributed by atoms with Crippen LogP contribution in [0.15, 0.2) is 24.4 Å². The molecule has 2 rings (SSSR count). The monoisotopic (exact) mass is 183 g/mol. The molecule has 1 aliphatic heterocycles. The Morgan fingerprint density at radius 1 is 1.08 bits per heavy atom. The molecule has 2 heterocycles. The first-order chi connectivity index (χ1) is 5.47. The zero-order valence-electron chi connectivity index (χ0n) is 7.17. The van der Waals surface area contributed by atoms with Gasteiger partial charge in [-0.05, 0) is 12.8 Å². The molecule has 66 valence electrons. The molecular weight excluding hydrogens is 170 g/mol. The van der Waals surface area contributed by atoms with Gasteiger partial charge in [0, 0.05) is 25.0 Å². The number of rotatable bonds is 0. The molecule has 0 aromatic carbocycles. The fraction of sp³-hybridized carbons (Fsp3) is 0.500. The van der Waals surface area contributed by atoms with Crippen molar-refractivity contribution in [2.45, 2.75) is 32.2 Å². The Labute approximate surface area is 79.8 Å². The second-order valence-corrected chi connectivity index (χ2v) is 3.20. The van der Waals surface area contributed by atoms with Crippen molar-refractivity contribution >= 4 is 0 Å². The lowest BCUT2D eigenvalue weighted by atomic mass is 10.2. The van der Waals surface area contributed by atoms with Crippen LogP contribution in [0.4, 0.5) is 0 Å². The second kappa shape index (κ2) is 4.46. The fourth-order valence-electron chi connectivity index (χ4n) is 1.72. The zero-order chi connectivity index (χ0) is 7.52. The van der Waals surface area contributed by atoms with Crippen molar-refractivity contribution in [3.8, 4) is 0 Å². The largest absolute Gasteiger partial charge is 1.00 e. The minimum atomic E-state index is 0. The van der Waals surface area contributed by atoms with Crippen LogP contribution in [-0.2, 0) is 13.0 Å². The SMILES string of the molecule is [Cl-].c1cc[n+]2c(c1)CCCCC2. The molecule has 1 aromatic heterocycles. The lowest BCUT2D eigenvalue weighted by molar-refractivity contribution is -0.703. The van der Waals surface area contributed by atoms with E-state index in [1.54, 1.807) is 0 Å². The summed E-state index contributed by atoms with van der Waals surface area (Å²) in [4.78, 5) is 0. The summed E-state index contributed by atoms with van der Waals surface area (Å²) in [7, 11) is 0. The highest BCUT2D eigenvalue weighted by atomic mass is 35.5. The highest BCUT2D eigenvalue weighted by molar-refractivity contribution is 4.97. The first-order valence-corrected chi connectivity index (χ1v) is 4.44. The molecule has 0 saturated heterocycles. The van der Waals surface area contributed by atoms with E-state index in [0.29, 0.717) is 0 Å². The van der Waals surface area contributed by atoms with Crippen LogP contribution in [0.25, 0.3) is 0 Å². The van der Waals surface area contributed by atoms with Crippen LogP contribution in [0.1, 0.15) is 25.0 Å². The Bertz CT molecular complexity index is 222. The normalized spacial score (nSPS) is 15.7. The van der Waals surface area contributed by atoms with Gasteiger partial charge in [0.25, 0.3) is 0 Å². The molecular formula is C10H14ClN. The number of nitrogens with zero attached hydrogens (tertiary/aromatic N) is 1. The Kier molecular flexibility index (Phi) is 3.54. The summed E-state index contributed by atoms with van der Waals surface area (Å²) in [5, 5.41) is 0. The maximum Gasteiger partial charge on any atom is 0.181 e. The number of fused-ring (bicyclic) bond motifs is 1. The quantitative estimate of drug-likeness (QED) is 0.441. The number of hydrogen-bond donors (Lipinski definition) is 0. The average molecular weight is 184 g/mol. The maximum absolute atomic E-state index is 2.38. The minimum Gasteiger partial charge on any atom is -1.00 e. The van der Waals surface area contributed by atoms with E-state index in [4.69, 9.17) is 0 Å². The van der Waals surface area contributed by atoms with Crippen LogP contribution in [0.2, 0.25) is 0 Å². The summed E-state index contributed by atoms with van der Waals surface area (Å²) in [6.45, 7) is 1.22. The minimum absolute atomic E-state index is 0. The number of halogens is 1. The molecule has 0 amide bonds. The van der Waals surface area contributed by atoms with Crippen molar-refractivity contribution in [1.82, 2.24) is 0 Å². The molecule has 1 aromatic rings. The smallest absolute Gasteiger partial charge is 0.181 e. The first kappa shape index (κ1) is 9.53. The van der Waals surface area contributed by atoms with E-state index in [9.17, 15) is 0 Å². The lowest BCUT2D eigenvalue weighted by Gasteiger charge is -1.96. The van der Waals surface area contributed by atoms with Gasteiger partial charge in [-0.2, -0.15) is 0 Å². The predicted molar refractivity (Wildman–Crippen MR) is 44.2 cm³/mol. The summed E-state index contributed by atoms with van der Waals surface area (Å²) in [5.74, 6) is 0. The molecule has 0 radical (unpaired) electrons. The van der Waals surface area contributed by atoms with Gasteiger partial charge >= 0.3 is 0 Å². The molecule has 0 unspecified atom stereocenters. The van der Waals surface area contributed by atoms with Gasteiger partial charge in [-0.15, -0.1) is 0 Å². The Hall–Kier alpha value is -0.560. The summed E-state index contributed by atoms with van der Waals surface area (Å²) in [5.41, 5.74) is 1.50. The van der Waals surface area contributed by atoms with Gasteiger partial charge in [0.15, 0.2) is 11.9 Å². The van der Waals surface area contributed by atoms with Crippen molar-refractivity contribution in [3.63, 3.8) is 0 Å². The number of hydrogen-bond acceptors (Lipinski definition) is 0. The Balaban J connectivity index is 0.000000720. The van der Waals surface area contributed by atoms with Crippen molar-refractivity contribution in [2.75, 3.05) is 0 Å². The zero-order valence-corrected chi connectivity index (χ0v) is 7.93. The molecule has 0 saturated carbocycles. The standard InChI is InChI=1S/C10H14N.ClH/c1-2-6-10-7-3-5-9-11(10)8-4-1;/h3,5,7,9H,1-2,4,6,8H2;1H/q+1;/p-1. The molecule has 12 heavy (non-hydrogen) atoms. The predicted octanol–water partition coefficient (Wildman–Crippen LogP) is -1.30. The van der Waals surface area contributed by atoms with Crippen LogP contribution in [0, 0.1) is 0 Å². The molecule has 0 N–H and O–H groups in total. The number of aryl methyl sites for hydroxylation is 2. The van der Waals surface area contributed by atoms with E-state index in [0.717, 1.165) is 0 Å². The molecule has 0 spiro atoms. The van der Waals surface area contributed by atoms with Gasteiger partial charge in [-0.3, -0.25) is 0 Å². The van der Waals surface area contributed by atoms with E-state index in [2.05, 4.69) is 29.0 Å². The molecule has 1 aliphatic rings. The summed E-state index contributed by atoms with van der Waals surface area (Å²) in [6.07, 6.45) is 7.56. The summed E-state index contributed by atoms with van der Waals surface area (Å²) >= 11 is 0. The third kappa shape index (κ3) is 1.98. The molecule has 0 aliphatic carbocycles. The number of aromatic nitrogens is 1. The Morgan fingerprint density at radius 3 is 2.92 bits per heavy atom. The van der Waals surface area contributed by atoms with E-state index in [1.807, 2.05) is 0 Å². The first-order valence-electron chi connectivity index (χ1n) is 4.44. The molecule has 0 bridgehead atoms. The average Bonchev–Trinajstić information content (AvgIpc) is 2.28. The van der Waals surface area contributed by atoms with Crippen LogP contribution >= 0.6 is 0 Å². The van der Waals surface area contributed by atoms with Crippen LogP contribution in [0.3, 0.4) is 0 Å². The highest BCUT2D eigenvalue weighted by Gasteiger charge is 2.11. The maximum atomic E-state index is 2.38. The summed E-state index contributed by atoms with van der Waals surface area (Å²) < 4.78 is 2.38. The van der Waals surface area contributed by atoms with Crippen molar-refractivity contribution in [1.29, 1.82) is 0 Å². The topological polar surface area (TPSA) is 3.88 Å². The second-order valence-electron chi connectivity index (χ2n) is 3.20. The molecule has 0 fully saturated rings. The Morgan fingerprint density at radius 2 is 2.00 bits per heavy atom. The third-order valence-corrected chi connectivity index (χ3v) is 2.37. The van der Waals surface area contributed by atoms with Gasteiger partial charge in [-0.1, -0.05) is 6.07 Å². The van der Waals surface area contributed by atoms with Crippen LogP contribution < -0.4 is 17.0 Å². The van der Waals surface area contributed by atoms with Gasteiger partial charge in [0.2, 0.25) is 0 Å². The van der Waals surface area contributed by atoms with Gasteiger partial charge in [0.05, 0.1) is 0 Å². The third-order valence-electron chi connectivity index (χ3n) is 2.37. The number of pyridine rings is 1. The van der Waals surface area contributed by atoms with E-state index < -0.39 is 0 Å². The highest BCUT2D eigenvalue weighted by Crippen LogP contribution is 2.06. The molecule has 0 atom stereocenters. The summed E-state index contributed by atoms with van der Waals surface area (Å²) in [6, 6.07) is 6.50. The van der Waals surface area contributed by atoms with Gasteiger partial charge in [-0.25, -0.2) is 4.57 Å². The van der Waals surface area contributed by atoms with E-state index in [-0.39, 0.29) is 12.4 Å². The van der Waals surface area contributed by atoms with Gasteiger partial charge < -0.3 is 12.4 Å².